The Morgan fingerprint density at radius 1 is 1.12 bits per heavy atom. The molecule has 0 unspecified atom stereocenters. The van der Waals surface area contributed by atoms with Crippen LogP contribution < -0.4 is 0 Å². The summed E-state index contributed by atoms with van der Waals surface area (Å²) in [4.78, 5) is 0. The van der Waals surface area contributed by atoms with E-state index in [-0.39, 0.29) is 0 Å². The molecule has 6 heteroatoms. The molecule has 0 bridgehead atoms. The van der Waals surface area contributed by atoms with Crippen LogP contribution in [0.25, 0.3) is 0 Å². The summed E-state index contributed by atoms with van der Waals surface area (Å²) in [6.45, 7) is 1.47. The summed E-state index contributed by atoms with van der Waals surface area (Å²) in [5, 5.41) is 0. The van der Waals surface area contributed by atoms with E-state index in [1.54, 1.807) is 0 Å². The summed E-state index contributed by atoms with van der Waals surface area (Å²) in [5.41, 5.74) is 0. The van der Waals surface area contributed by atoms with Crippen molar-refractivity contribution in [3.8, 4) is 0 Å². The third-order valence-electron chi connectivity index (χ3n) is 0.498. The summed E-state index contributed by atoms with van der Waals surface area (Å²) in [6.07, 6.45) is 0. The molecule has 0 spiro atoms. The van der Waals surface area contributed by atoms with Gasteiger partial charge in [0.1, 0.15) is 3.96 Å². The van der Waals surface area contributed by atoms with Gasteiger partial charge in [-0.05, 0) is 6.92 Å². The summed E-state index contributed by atoms with van der Waals surface area (Å²) in [5.74, 6) is 0. The Morgan fingerprint density at radius 3 is 1.25 bits per heavy atom. The molecule has 0 saturated heterocycles. The molecular formula is C2H3Cl5Si. The van der Waals surface area contributed by atoms with E-state index in [4.69, 9.17) is 56.4 Å². The third-order valence-corrected chi connectivity index (χ3v) is 8.34. The molecule has 0 saturated carbocycles. The highest BCUT2D eigenvalue weighted by Crippen LogP contribution is 2.40. The Hall–Kier alpha value is 1.67. The molecule has 0 atom stereocenters. The Bertz CT molecular complexity index is 65.4. The van der Waals surface area contributed by atoms with Gasteiger partial charge in [-0.3, -0.25) is 0 Å². The number of hydrogen-bond donors (Lipinski definition) is 0. The number of halogens is 5. The lowest BCUT2D eigenvalue weighted by atomic mass is 10.9. The fraction of sp³-hybridized carbons (Fsp3) is 1.00. The molecule has 0 N–H and O–H groups in total. The molecule has 0 amide bonds. The van der Waals surface area contributed by atoms with Crippen LogP contribution in [0, 0.1) is 0 Å². The van der Waals surface area contributed by atoms with E-state index in [0.29, 0.717) is 0 Å². The van der Waals surface area contributed by atoms with Crippen molar-refractivity contribution in [2.45, 2.75) is 10.9 Å². The first-order valence-corrected chi connectivity index (χ1v) is 7.49. The van der Waals surface area contributed by atoms with Gasteiger partial charge in [0.15, 0.2) is 0 Å². The van der Waals surface area contributed by atoms with Crippen LogP contribution in [-0.4, -0.2) is 9.96 Å². The lowest BCUT2D eigenvalue weighted by Crippen LogP contribution is -2.32. The molecule has 50 valence electrons. The van der Waals surface area contributed by atoms with Crippen LogP contribution >= 0.6 is 56.4 Å². The predicted octanol–water partition coefficient (Wildman–Crippen LogP) is 3.37. The van der Waals surface area contributed by atoms with Gasteiger partial charge in [0.2, 0.25) is 0 Å². The van der Waals surface area contributed by atoms with E-state index in [0.717, 1.165) is 0 Å². The van der Waals surface area contributed by atoms with Crippen LogP contribution in [0.4, 0.5) is 0 Å². The Labute approximate surface area is 73.1 Å². The van der Waals surface area contributed by atoms with Gasteiger partial charge < -0.3 is 0 Å². The zero-order valence-corrected chi connectivity index (χ0v) is 8.67. The molecule has 0 radical (unpaired) electrons. The number of hydrogen-bond acceptors (Lipinski definition) is 0. The second-order valence-corrected chi connectivity index (χ2v) is 12.6. The highest BCUT2D eigenvalue weighted by molar-refractivity contribution is 7.68. The fourth-order valence-electron chi connectivity index (χ4n) is 0. The standard InChI is InChI=1S/C2H3Cl5Si/c1-2(3,4)8(5,6)7/h1H3. The molecule has 0 aliphatic carbocycles. The Kier molecular flexibility index (Phi) is 3.30. The first kappa shape index (κ1) is 9.67. The average molecular weight is 232 g/mol. The van der Waals surface area contributed by atoms with Gasteiger partial charge in [-0.15, -0.1) is 56.4 Å². The minimum atomic E-state index is -2.91. The smallest absolute Gasteiger partial charge is 0.123 e. The quantitative estimate of drug-likeness (QED) is 0.369. The SMILES string of the molecule is CC(Cl)(Cl)[Si](Cl)(Cl)Cl. The molecule has 0 aromatic heterocycles. The van der Waals surface area contributed by atoms with E-state index in [1.807, 2.05) is 0 Å². The summed E-state index contributed by atoms with van der Waals surface area (Å²) < 4.78 is -1.18. The molecule has 8 heavy (non-hydrogen) atoms. The van der Waals surface area contributed by atoms with Crippen molar-refractivity contribution in [3.05, 3.63) is 0 Å². The van der Waals surface area contributed by atoms with Gasteiger partial charge >= 0.3 is 6.00 Å². The van der Waals surface area contributed by atoms with Crippen LogP contribution in [0.5, 0.6) is 0 Å². The molecule has 0 aliphatic heterocycles. The largest absolute Gasteiger partial charge is 0.376 e. The van der Waals surface area contributed by atoms with Gasteiger partial charge in [0, 0.05) is 0 Å². The molecular weight excluding hydrogens is 229 g/mol. The zero-order valence-electron chi connectivity index (χ0n) is 3.89. The predicted molar refractivity (Wildman–Crippen MR) is 43.4 cm³/mol. The zero-order chi connectivity index (χ0) is 7.00. The lowest BCUT2D eigenvalue weighted by molar-refractivity contribution is 1.24. The van der Waals surface area contributed by atoms with E-state index in [1.165, 1.54) is 6.92 Å². The van der Waals surface area contributed by atoms with E-state index >= 15 is 0 Å². The molecule has 0 rings (SSSR count). The Morgan fingerprint density at radius 2 is 1.25 bits per heavy atom. The van der Waals surface area contributed by atoms with Gasteiger partial charge in [-0.2, -0.15) is 0 Å². The minimum absolute atomic E-state index is 1.18. The average Bonchev–Trinajstić information content (AvgIpc) is 1.25. The van der Waals surface area contributed by atoms with Crippen molar-refractivity contribution in [3.63, 3.8) is 0 Å². The molecule has 0 fully saturated rings. The number of alkyl halides is 2. The normalized spacial score (nSPS) is 14.2. The highest BCUT2D eigenvalue weighted by atomic mass is 35.8. The summed E-state index contributed by atoms with van der Waals surface area (Å²) in [7, 11) is 0. The van der Waals surface area contributed by atoms with Crippen molar-refractivity contribution in [1.29, 1.82) is 0 Å². The van der Waals surface area contributed by atoms with E-state index in [2.05, 4.69) is 0 Å². The van der Waals surface area contributed by atoms with Gasteiger partial charge in [0.05, 0.1) is 0 Å². The van der Waals surface area contributed by atoms with Crippen LogP contribution in [0.3, 0.4) is 0 Å². The third kappa shape index (κ3) is 2.99. The molecule has 0 aromatic carbocycles. The second-order valence-electron chi connectivity index (χ2n) is 1.39. The van der Waals surface area contributed by atoms with Crippen molar-refractivity contribution in [1.82, 2.24) is 0 Å². The molecule has 0 nitrogen and oxygen atoms in total. The molecule has 0 heterocycles. The van der Waals surface area contributed by atoms with E-state index in [9.17, 15) is 0 Å². The lowest BCUT2D eigenvalue weighted by Gasteiger charge is -2.18. The monoisotopic (exact) mass is 230 g/mol. The van der Waals surface area contributed by atoms with Crippen LogP contribution in [0.2, 0.25) is 0 Å². The minimum Gasteiger partial charge on any atom is -0.123 e. The van der Waals surface area contributed by atoms with Crippen LogP contribution in [0.15, 0.2) is 0 Å². The maximum absolute atomic E-state index is 5.44. The van der Waals surface area contributed by atoms with Gasteiger partial charge in [-0.1, -0.05) is 0 Å². The van der Waals surface area contributed by atoms with Gasteiger partial charge in [0.25, 0.3) is 0 Å². The molecule has 0 aromatic rings. The van der Waals surface area contributed by atoms with Gasteiger partial charge in [-0.25, -0.2) is 0 Å². The second kappa shape index (κ2) is 2.73. The molecule has 0 aliphatic rings. The summed E-state index contributed by atoms with van der Waals surface area (Å²) >= 11 is 27.1. The van der Waals surface area contributed by atoms with Crippen molar-refractivity contribution in [2.24, 2.45) is 0 Å². The number of rotatable bonds is 1. The first-order valence-electron chi connectivity index (χ1n) is 1.69. The Balaban J connectivity index is 4.02. The van der Waals surface area contributed by atoms with Crippen molar-refractivity contribution in [2.75, 3.05) is 0 Å². The summed E-state index contributed by atoms with van der Waals surface area (Å²) in [6, 6.07) is -2.91. The first-order chi connectivity index (χ1) is 3.25. The van der Waals surface area contributed by atoms with E-state index < -0.39 is 9.96 Å². The van der Waals surface area contributed by atoms with Crippen molar-refractivity contribution < 1.29 is 0 Å². The highest BCUT2D eigenvalue weighted by Gasteiger charge is 2.45. The fourth-order valence-corrected chi connectivity index (χ4v) is 0. The maximum Gasteiger partial charge on any atom is 0.376 e. The van der Waals surface area contributed by atoms with Crippen molar-refractivity contribution >= 4 is 62.4 Å². The van der Waals surface area contributed by atoms with Crippen LogP contribution in [-0.2, 0) is 0 Å². The van der Waals surface area contributed by atoms with Crippen LogP contribution in [0.1, 0.15) is 6.92 Å². The topological polar surface area (TPSA) is 0 Å². The maximum atomic E-state index is 5.44.